The molecule has 0 aromatic heterocycles. The Morgan fingerprint density at radius 1 is 1.25 bits per heavy atom. The van der Waals surface area contributed by atoms with Crippen molar-refractivity contribution in [2.24, 2.45) is 0 Å². The summed E-state index contributed by atoms with van der Waals surface area (Å²) in [6, 6.07) is 3.36. The molecular weight excluding hydrogens is 275 g/mol. The second-order valence-corrected chi connectivity index (χ2v) is 4.54. The van der Waals surface area contributed by atoms with Gasteiger partial charge in [-0.2, -0.15) is 13.2 Å². The Hall–Kier alpha value is -2.05. The van der Waals surface area contributed by atoms with E-state index in [0.717, 1.165) is 17.0 Å². The summed E-state index contributed by atoms with van der Waals surface area (Å²) in [5, 5.41) is 8.99. The van der Waals surface area contributed by atoms with Crippen LogP contribution >= 0.6 is 0 Å². The maximum atomic E-state index is 12.9. The molecule has 20 heavy (non-hydrogen) atoms. The number of hydrogen-bond donors (Lipinski definition) is 1. The predicted octanol–water partition coefficient (Wildman–Crippen LogP) is 2.39. The van der Waals surface area contributed by atoms with Gasteiger partial charge in [0.05, 0.1) is 11.1 Å². The first-order chi connectivity index (χ1) is 9.32. The highest BCUT2D eigenvalue weighted by molar-refractivity contribution is 5.98. The highest BCUT2D eigenvalue weighted by atomic mass is 19.4. The number of carboxylic acid groups (broad SMARTS) is 1. The molecule has 0 radical (unpaired) electrons. The van der Waals surface area contributed by atoms with Crippen molar-refractivity contribution in [2.45, 2.75) is 25.1 Å². The number of hydrogen-bond acceptors (Lipinski definition) is 2. The normalized spacial score (nSPS) is 19.1. The lowest BCUT2D eigenvalue weighted by Gasteiger charge is -2.23. The number of carbonyl (C=O) groups is 2. The van der Waals surface area contributed by atoms with Crippen LogP contribution in [0.15, 0.2) is 24.3 Å². The summed E-state index contributed by atoms with van der Waals surface area (Å²) in [6.07, 6.45) is -3.92. The number of halogens is 3. The van der Waals surface area contributed by atoms with Crippen molar-refractivity contribution < 1.29 is 27.9 Å². The zero-order valence-corrected chi connectivity index (χ0v) is 10.4. The van der Waals surface area contributed by atoms with Gasteiger partial charge in [0.1, 0.15) is 6.04 Å². The van der Waals surface area contributed by atoms with Gasteiger partial charge in [-0.05, 0) is 25.0 Å². The number of carbonyl (C=O) groups excluding carboxylic acids is 1. The van der Waals surface area contributed by atoms with Crippen molar-refractivity contribution in [3.63, 3.8) is 0 Å². The van der Waals surface area contributed by atoms with Gasteiger partial charge in [-0.15, -0.1) is 0 Å². The third-order valence-corrected chi connectivity index (χ3v) is 3.26. The average molecular weight is 287 g/mol. The summed E-state index contributed by atoms with van der Waals surface area (Å²) in [6.45, 7) is 0.155. The van der Waals surface area contributed by atoms with Gasteiger partial charge in [0.15, 0.2) is 0 Å². The van der Waals surface area contributed by atoms with Gasteiger partial charge in [-0.1, -0.05) is 12.1 Å². The minimum Gasteiger partial charge on any atom is -0.480 e. The monoisotopic (exact) mass is 287 g/mol. The van der Waals surface area contributed by atoms with Gasteiger partial charge < -0.3 is 10.0 Å². The summed E-state index contributed by atoms with van der Waals surface area (Å²) >= 11 is 0. The Morgan fingerprint density at radius 2 is 1.90 bits per heavy atom. The molecule has 7 heteroatoms. The smallest absolute Gasteiger partial charge is 0.417 e. The molecule has 1 N–H and O–H groups in total. The second kappa shape index (κ2) is 5.15. The highest BCUT2D eigenvalue weighted by Gasteiger charge is 2.39. The molecule has 1 atom stereocenters. The molecule has 1 amide bonds. The molecule has 1 heterocycles. The Balaban J connectivity index is 2.37. The summed E-state index contributed by atoms with van der Waals surface area (Å²) in [5.74, 6) is -2.08. The van der Waals surface area contributed by atoms with Crippen molar-refractivity contribution in [2.75, 3.05) is 6.54 Å². The number of nitrogens with zero attached hydrogens (tertiary/aromatic N) is 1. The molecule has 1 saturated heterocycles. The minimum atomic E-state index is -4.65. The predicted molar refractivity (Wildman–Crippen MR) is 63.1 cm³/mol. The van der Waals surface area contributed by atoms with E-state index in [2.05, 4.69) is 0 Å². The molecule has 2 rings (SSSR count). The topological polar surface area (TPSA) is 57.6 Å². The summed E-state index contributed by atoms with van der Waals surface area (Å²) in [5.41, 5.74) is -1.55. The van der Waals surface area contributed by atoms with Crippen molar-refractivity contribution in [3.8, 4) is 0 Å². The van der Waals surface area contributed by atoms with Gasteiger partial charge >= 0.3 is 12.1 Å². The van der Waals surface area contributed by atoms with E-state index < -0.39 is 35.2 Å². The molecule has 0 spiro atoms. The molecule has 1 aliphatic rings. The minimum absolute atomic E-state index is 0.155. The van der Waals surface area contributed by atoms with Gasteiger partial charge in [-0.25, -0.2) is 4.79 Å². The SMILES string of the molecule is O=C(O)C1CCCN1C(=O)c1ccccc1C(F)(F)F. The lowest BCUT2D eigenvalue weighted by Crippen LogP contribution is -2.41. The van der Waals surface area contributed by atoms with E-state index in [0.29, 0.717) is 6.42 Å². The number of aliphatic carboxylic acids is 1. The molecule has 0 saturated carbocycles. The Kier molecular flexibility index (Phi) is 3.69. The van der Waals surface area contributed by atoms with Crippen LogP contribution in [0.5, 0.6) is 0 Å². The Bertz CT molecular complexity index is 542. The van der Waals surface area contributed by atoms with Gasteiger partial charge in [-0.3, -0.25) is 4.79 Å². The van der Waals surface area contributed by atoms with E-state index in [9.17, 15) is 22.8 Å². The molecule has 0 aliphatic carbocycles. The molecule has 1 unspecified atom stereocenters. The van der Waals surface area contributed by atoms with Crippen LogP contribution in [-0.4, -0.2) is 34.5 Å². The van der Waals surface area contributed by atoms with Crippen LogP contribution in [0, 0.1) is 0 Å². The summed E-state index contributed by atoms with van der Waals surface area (Å²) in [7, 11) is 0. The van der Waals surface area contributed by atoms with E-state index in [1.165, 1.54) is 12.1 Å². The Labute approximate surface area is 112 Å². The lowest BCUT2D eigenvalue weighted by molar-refractivity contribution is -0.141. The molecule has 1 fully saturated rings. The van der Waals surface area contributed by atoms with Gasteiger partial charge in [0.25, 0.3) is 5.91 Å². The largest absolute Gasteiger partial charge is 0.480 e. The zero-order valence-electron chi connectivity index (χ0n) is 10.4. The molecule has 108 valence electrons. The fraction of sp³-hybridized carbons (Fsp3) is 0.385. The van der Waals surface area contributed by atoms with E-state index >= 15 is 0 Å². The van der Waals surface area contributed by atoms with Crippen LogP contribution in [0.25, 0.3) is 0 Å². The van der Waals surface area contributed by atoms with Crippen LogP contribution < -0.4 is 0 Å². The average Bonchev–Trinajstić information content (AvgIpc) is 2.86. The molecule has 1 aromatic carbocycles. The van der Waals surface area contributed by atoms with Crippen LogP contribution in [0.4, 0.5) is 13.2 Å². The molecule has 1 aromatic rings. The first-order valence-corrected chi connectivity index (χ1v) is 6.02. The first-order valence-electron chi connectivity index (χ1n) is 6.02. The number of amides is 1. The maximum absolute atomic E-state index is 12.9. The number of rotatable bonds is 2. The van der Waals surface area contributed by atoms with Crippen LogP contribution in [0.2, 0.25) is 0 Å². The van der Waals surface area contributed by atoms with Crippen molar-refractivity contribution in [1.82, 2.24) is 4.90 Å². The highest BCUT2D eigenvalue weighted by Crippen LogP contribution is 2.33. The first kappa shape index (κ1) is 14.4. The summed E-state index contributed by atoms with van der Waals surface area (Å²) in [4.78, 5) is 24.2. The van der Waals surface area contributed by atoms with Gasteiger partial charge in [0, 0.05) is 6.54 Å². The van der Waals surface area contributed by atoms with E-state index in [-0.39, 0.29) is 13.0 Å². The van der Waals surface area contributed by atoms with E-state index in [1.807, 2.05) is 0 Å². The van der Waals surface area contributed by atoms with Gasteiger partial charge in [0.2, 0.25) is 0 Å². The van der Waals surface area contributed by atoms with E-state index in [1.54, 1.807) is 0 Å². The number of alkyl halides is 3. The third-order valence-electron chi connectivity index (χ3n) is 3.26. The summed E-state index contributed by atoms with van der Waals surface area (Å²) < 4.78 is 38.6. The van der Waals surface area contributed by atoms with Crippen LogP contribution in [-0.2, 0) is 11.0 Å². The van der Waals surface area contributed by atoms with Crippen LogP contribution in [0.1, 0.15) is 28.8 Å². The van der Waals surface area contributed by atoms with Crippen molar-refractivity contribution in [3.05, 3.63) is 35.4 Å². The standard InChI is InChI=1S/C13H12F3NO3/c14-13(15,16)9-5-2-1-4-8(9)11(18)17-7-3-6-10(17)12(19)20/h1-2,4-5,10H,3,6-7H2,(H,19,20). The number of carboxylic acids is 1. The van der Waals surface area contributed by atoms with E-state index in [4.69, 9.17) is 5.11 Å². The molecule has 1 aliphatic heterocycles. The molecular formula is C13H12F3NO3. The maximum Gasteiger partial charge on any atom is 0.417 e. The lowest BCUT2D eigenvalue weighted by atomic mass is 10.1. The third kappa shape index (κ3) is 2.61. The second-order valence-electron chi connectivity index (χ2n) is 4.54. The number of likely N-dealkylation sites (tertiary alicyclic amines) is 1. The van der Waals surface area contributed by atoms with Crippen molar-refractivity contribution >= 4 is 11.9 Å². The fourth-order valence-corrected chi connectivity index (χ4v) is 2.34. The van der Waals surface area contributed by atoms with Crippen LogP contribution in [0.3, 0.4) is 0 Å². The zero-order chi connectivity index (χ0) is 14.9. The Morgan fingerprint density at radius 3 is 2.50 bits per heavy atom. The van der Waals surface area contributed by atoms with Crippen molar-refractivity contribution in [1.29, 1.82) is 0 Å². The number of benzene rings is 1. The molecule has 4 nitrogen and oxygen atoms in total. The quantitative estimate of drug-likeness (QED) is 0.908. The fourth-order valence-electron chi connectivity index (χ4n) is 2.34. The molecule has 0 bridgehead atoms.